The number of fused-ring (bicyclic) bond motifs is 1. The molecule has 186 valence electrons. The van der Waals surface area contributed by atoms with Gasteiger partial charge in [-0.1, -0.05) is 42.5 Å². The van der Waals surface area contributed by atoms with Crippen LogP contribution in [-0.4, -0.2) is 31.7 Å². The van der Waals surface area contributed by atoms with Gasteiger partial charge in [0.05, 0.1) is 17.8 Å². The second-order valence-electron chi connectivity index (χ2n) is 9.35. The first-order valence-corrected chi connectivity index (χ1v) is 12.4. The molecule has 0 bridgehead atoms. The first-order valence-electron chi connectivity index (χ1n) is 12.4. The summed E-state index contributed by atoms with van der Waals surface area (Å²) in [6.07, 6.45) is 4.61. The lowest BCUT2D eigenvalue weighted by Gasteiger charge is -2.23. The highest BCUT2D eigenvalue weighted by Crippen LogP contribution is 2.27. The van der Waals surface area contributed by atoms with Crippen LogP contribution < -0.4 is 0 Å². The predicted octanol–water partition coefficient (Wildman–Crippen LogP) is 5.97. The Kier molecular flexibility index (Phi) is 7.08. The summed E-state index contributed by atoms with van der Waals surface area (Å²) in [5.74, 6) is -0.257. The maximum atomic E-state index is 14.0. The average Bonchev–Trinajstić information content (AvgIpc) is 3.26. The molecule has 1 amide bonds. The van der Waals surface area contributed by atoms with Gasteiger partial charge < -0.3 is 9.30 Å². The summed E-state index contributed by atoms with van der Waals surface area (Å²) in [5.41, 5.74) is 6.68. The smallest absolute Gasteiger partial charge is 0.228 e. The van der Waals surface area contributed by atoms with E-state index < -0.39 is 0 Å². The number of nitrogens with zero attached hydrogens (tertiary/aromatic N) is 4. The summed E-state index contributed by atoms with van der Waals surface area (Å²) in [6, 6.07) is 24.8. The number of amides is 1. The number of pyridine rings is 2. The lowest BCUT2D eigenvalue weighted by atomic mass is 10.0. The Hall–Kier alpha value is -4.32. The van der Waals surface area contributed by atoms with Gasteiger partial charge in [-0.05, 0) is 66.9 Å². The summed E-state index contributed by atoms with van der Waals surface area (Å²) >= 11 is 0. The first kappa shape index (κ1) is 24.4. The van der Waals surface area contributed by atoms with Gasteiger partial charge in [0.15, 0.2) is 0 Å². The van der Waals surface area contributed by atoms with Gasteiger partial charge in [-0.25, -0.2) is 9.37 Å². The summed E-state index contributed by atoms with van der Waals surface area (Å²) in [7, 11) is 0. The number of carbonyl (C=O) groups excluding carboxylic acids is 1. The minimum atomic E-state index is -0.260. The minimum absolute atomic E-state index is 0.00294. The van der Waals surface area contributed by atoms with Crippen molar-refractivity contribution in [2.45, 2.75) is 33.2 Å². The SMILES string of the molecule is Cc1ccc2nc(-c3ccc(F)c(C)c3)c(CC(=O)N(CCc3ccccn3)Cc3ccccc3)n2c1. The Balaban J connectivity index is 1.50. The fraction of sp³-hybridized carbons (Fsp3) is 0.194. The molecule has 0 unspecified atom stereocenters. The molecular weight excluding hydrogens is 463 g/mol. The van der Waals surface area contributed by atoms with Crippen molar-refractivity contribution in [1.29, 1.82) is 0 Å². The van der Waals surface area contributed by atoms with E-state index in [-0.39, 0.29) is 18.1 Å². The monoisotopic (exact) mass is 492 g/mol. The molecule has 5 rings (SSSR count). The molecule has 6 heteroatoms. The summed E-state index contributed by atoms with van der Waals surface area (Å²) < 4.78 is 16.0. The van der Waals surface area contributed by atoms with E-state index in [4.69, 9.17) is 4.98 Å². The van der Waals surface area contributed by atoms with Gasteiger partial charge in [0.2, 0.25) is 5.91 Å². The van der Waals surface area contributed by atoms with Crippen LogP contribution in [0.5, 0.6) is 0 Å². The second kappa shape index (κ2) is 10.7. The average molecular weight is 493 g/mol. The fourth-order valence-electron chi connectivity index (χ4n) is 4.54. The molecule has 0 N–H and O–H groups in total. The van der Waals surface area contributed by atoms with Crippen molar-refractivity contribution in [3.05, 3.63) is 125 Å². The number of aromatic nitrogens is 3. The van der Waals surface area contributed by atoms with Gasteiger partial charge in [-0.15, -0.1) is 0 Å². The van der Waals surface area contributed by atoms with Crippen LogP contribution in [0.4, 0.5) is 4.39 Å². The maximum Gasteiger partial charge on any atom is 0.228 e. The lowest BCUT2D eigenvalue weighted by molar-refractivity contribution is -0.131. The maximum absolute atomic E-state index is 14.0. The summed E-state index contributed by atoms with van der Waals surface area (Å²) in [5, 5.41) is 0. The van der Waals surface area contributed by atoms with Crippen molar-refractivity contribution in [2.24, 2.45) is 0 Å². The van der Waals surface area contributed by atoms with E-state index in [0.29, 0.717) is 30.8 Å². The van der Waals surface area contributed by atoms with Crippen LogP contribution in [0.15, 0.2) is 91.3 Å². The molecule has 2 aromatic carbocycles. The molecule has 3 heterocycles. The van der Waals surface area contributed by atoms with E-state index in [1.807, 2.05) is 83.1 Å². The molecule has 0 saturated carbocycles. The van der Waals surface area contributed by atoms with Crippen molar-refractivity contribution < 1.29 is 9.18 Å². The molecule has 5 nitrogen and oxygen atoms in total. The zero-order chi connectivity index (χ0) is 25.8. The fourth-order valence-corrected chi connectivity index (χ4v) is 4.54. The van der Waals surface area contributed by atoms with Crippen molar-refractivity contribution in [3.8, 4) is 11.3 Å². The molecule has 0 aliphatic heterocycles. The topological polar surface area (TPSA) is 50.5 Å². The van der Waals surface area contributed by atoms with Crippen LogP contribution in [0.2, 0.25) is 0 Å². The van der Waals surface area contributed by atoms with Gasteiger partial charge in [0, 0.05) is 43.2 Å². The first-order chi connectivity index (χ1) is 18.0. The Bertz CT molecular complexity index is 1530. The van der Waals surface area contributed by atoms with Crippen molar-refractivity contribution in [3.63, 3.8) is 0 Å². The number of rotatable bonds is 8. The van der Waals surface area contributed by atoms with Crippen LogP contribution in [0, 0.1) is 19.7 Å². The molecule has 0 radical (unpaired) electrons. The highest BCUT2D eigenvalue weighted by molar-refractivity contribution is 5.82. The molecule has 0 spiro atoms. The van der Waals surface area contributed by atoms with E-state index in [9.17, 15) is 9.18 Å². The quantitative estimate of drug-likeness (QED) is 0.268. The van der Waals surface area contributed by atoms with Gasteiger partial charge in [0.25, 0.3) is 0 Å². The van der Waals surface area contributed by atoms with Gasteiger partial charge in [0.1, 0.15) is 11.5 Å². The normalized spacial score (nSPS) is 11.1. The molecule has 0 aliphatic carbocycles. The molecule has 5 aromatic rings. The van der Waals surface area contributed by atoms with Gasteiger partial charge in [-0.3, -0.25) is 9.78 Å². The number of halogens is 1. The molecule has 0 atom stereocenters. The number of carbonyl (C=O) groups is 1. The van der Waals surface area contributed by atoms with Crippen molar-refractivity contribution >= 4 is 11.6 Å². The largest absolute Gasteiger partial charge is 0.338 e. The van der Waals surface area contributed by atoms with Crippen molar-refractivity contribution in [1.82, 2.24) is 19.3 Å². The standard InChI is InChI=1S/C31H29FN4O/c1-22-11-14-29-34-31(25-12-13-27(32)23(2)18-25)28(36(29)20-22)19-30(37)35(21-24-8-4-3-5-9-24)17-15-26-10-6-7-16-33-26/h3-14,16,18,20H,15,17,19,21H2,1-2H3. The third-order valence-electron chi connectivity index (χ3n) is 6.55. The van der Waals surface area contributed by atoms with Crippen LogP contribution in [0.25, 0.3) is 16.9 Å². The molecule has 37 heavy (non-hydrogen) atoms. The molecule has 0 fully saturated rings. The van der Waals surface area contributed by atoms with E-state index in [2.05, 4.69) is 4.98 Å². The Morgan fingerprint density at radius 1 is 0.973 bits per heavy atom. The van der Waals surface area contributed by atoms with Crippen LogP contribution in [0.3, 0.4) is 0 Å². The van der Waals surface area contributed by atoms with Gasteiger partial charge >= 0.3 is 0 Å². The van der Waals surface area contributed by atoms with Crippen LogP contribution in [-0.2, 0) is 24.2 Å². The molecular formula is C31H29FN4O. The number of imidazole rings is 1. The Morgan fingerprint density at radius 2 is 1.78 bits per heavy atom. The second-order valence-corrected chi connectivity index (χ2v) is 9.35. The highest BCUT2D eigenvalue weighted by atomic mass is 19.1. The van der Waals surface area contributed by atoms with Gasteiger partial charge in [-0.2, -0.15) is 0 Å². The number of aryl methyl sites for hydroxylation is 2. The van der Waals surface area contributed by atoms with Crippen LogP contribution in [0.1, 0.15) is 28.1 Å². The summed E-state index contributed by atoms with van der Waals surface area (Å²) in [6.45, 7) is 4.81. The minimum Gasteiger partial charge on any atom is -0.338 e. The molecule has 0 aliphatic rings. The lowest BCUT2D eigenvalue weighted by Crippen LogP contribution is -2.34. The zero-order valence-corrected chi connectivity index (χ0v) is 21.1. The van der Waals surface area contributed by atoms with E-state index in [1.54, 1.807) is 25.3 Å². The number of hydrogen-bond donors (Lipinski definition) is 0. The predicted molar refractivity (Wildman–Crippen MR) is 144 cm³/mol. The van der Waals surface area contributed by atoms with E-state index in [1.165, 1.54) is 6.07 Å². The summed E-state index contributed by atoms with van der Waals surface area (Å²) in [4.78, 5) is 25.0. The third-order valence-corrected chi connectivity index (χ3v) is 6.55. The highest BCUT2D eigenvalue weighted by Gasteiger charge is 2.22. The zero-order valence-electron chi connectivity index (χ0n) is 21.1. The van der Waals surface area contributed by atoms with E-state index >= 15 is 0 Å². The Labute approximate surface area is 216 Å². The number of hydrogen-bond acceptors (Lipinski definition) is 3. The number of benzene rings is 2. The molecule has 0 saturated heterocycles. The van der Waals surface area contributed by atoms with Crippen LogP contribution >= 0.6 is 0 Å². The third kappa shape index (κ3) is 5.59. The van der Waals surface area contributed by atoms with Crippen molar-refractivity contribution in [2.75, 3.05) is 6.54 Å². The van der Waals surface area contributed by atoms with E-state index in [0.717, 1.165) is 33.7 Å². The Morgan fingerprint density at radius 3 is 2.54 bits per heavy atom. The molecule has 3 aromatic heterocycles.